The first-order chi connectivity index (χ1) is 15.8. The number of nitrogens with zero attached hydrogens (tertiary/aromatic N) is 3. The second kappa shape index (κ2) is 9.28. The van der Waals surface area contributed by atoms with E-state index in [4.69, 9.17) is 27.9 Å². The molecule has 0 aliphatic heterocycles. The second-order valence-electron chi connectivity index (χ2n) is 6.95. The van der Waals surface area contributed by atoms with Crippen molar-refractivity contribution in [3.63, 3.8) is 0 Å². The number of H-pyrrole nitrogens is 1. The fourth-order valence-electron chi connectivity index (χ4n) is 3.15. The van der Waals surface area contributed by atoms with Crippen LogP contribution in [0.5, 0.6) is 5.75 Å². The number of nitriles is 1. The van der Waals surface area contributed by atoms with Gasteiger partial charge in [0.05, 0.1) is 31.6 Å². The molecule has 0 amide bonds. The number of hydrogen-bond acceptors (Lipinski definition) is 5. The molecule has 0 spiro atoms. The quantitative estimate of drug-likeness (QED) is 0.190. The molecule has 0 atom stereocenters. The van der Waals surface area contributed by atoms with E-state index in [9.17, 15) is 19.8 Å². The molecule has 0 bridgehead atoms. The number of aromatic nitrogens is 2. The van der Waals surface area contributed by atoms with Gasteiger partial charge in [-0.05, 0) is 47.5 Å². The molecule has 1 N–H and O–H groups in total. The number of nitro benzene ring substituents is 1. The number of allylic oxidation sites excluding steroid dienone is 1. The lowest BCUT2D eigenvalue weighted by Gasteiger charge is -2.11. The van der Waals surface area contributed by atoms with Crippen LogP contribution in [0.4, 0.5) is 10.1 Å². The maximum absolute atomic E-state index is 13.4. The van der Waals surface area contributed by atoms with Crippen molar-refractivity contribution in [1.29, 1.82) is 5.26 Å². The van der Waals surface area contributed by atoms with Gasteiger partial charge in [0, 0.05) is 12.1 Å². The first-order valence-electron chi connectivity index (χ1n) is 9.46. The van der Waals surface area contributed by atoms with E-state index in [1.54, 1.807) is 24.3 Å². The Labute approximate surface area is 196 Å². The van der Waals surface area contributed by atoms with Gasteiger partial charge in [0.15, 0.2) is 5.75 Å². The number of benzene rings is 3. The van der Waals surface area contributed by atoms with Crippen molar-refractivity contribution in [2.75, 3.05) is 0 Å². The van der Waals surface area contributed by atoms with Crippen LogP contribution in [0.1, 0.15) is 17.0 Å². The molecule has 4 aromatic rings. The lowest BCUT2D eigenvalue weighted by atomic mass is 10.1. The molecule has 3 aromatic carbocycles. The Morgan fingerprint density at radius 2 is 1.97 bits per heavy atom. The number of ether oxygens (including phenoxy) is 1. The Kier molecular flexibility index (Phi) is 6.27. The number of aromatic amines is 1. The predicted molar refractivity (Wildman–Crippen MR) is 123 cm³/mol. The third kappa shape index (κ3) is 4.95. The van der Waals surface area contributed by atoms with Crippen LogP contribution in [0.15, 0.2) is 54.6 Å². The lowest BCUT2D eigenvalue weighted by molar-refractivity contribution is -0.384. The molecule has 0 saturated heterocycles. The van der Waals surface area contributed by atoms with Crippen LogP contribution in [0, 0.1) is 27.3 Å². The molecule has 0 radical (unpaired) electrons. The first-order valence-corrected chi connectivity index (χ1v) is 10.2. The fraction of sp³-hybridized carbons (Fsp3) is 0.0435. The van der Waals surface area contributed by atoms with E-state index >= 15 is 0 Å². The van der Waals surface area contributed by atoms with E-state index in [1.165, 1.54) is 36.4 Å². The summed E-state index contributed by atoms with van der Waals surface area (Å²) < 4.78 is 19.1. The van der Waals surface area contributed by atoms with Gasteiger partial charge in [-0.2, -0.15) is 5.26 Å². The van der Waals surface area contributed by atoms with Crippen LogP contribution in [0.2, 0.25) is 10.0 Å². The third-order valence-electron chi connectivity index (χ3n) is 4.66. The van der Waals surface area contributed by atoms with E-state index in [2.05, 4.69) is 16.0 Å². The van der Waals surface area contributed by atoms with Crippen LogP contribution >= 0.6 is 23.2 Å². The summed E-state index contributed by atoms with van der Waals surface area (Å²) in [5, 5.41) is 20.9. The molecule has 4 rings (SSSR count). The molecule has 7 nitrogen and oxygen atoms in total. The van der Waals surface area contributed by atoms with Crippen molar-refractivity contribution in [3.05, 3.63) is 97.5 Å². The standard InChI is InChI=1S/C23H13Cl2FN4O3/c24-18-8-14(6-15(11-27)23-28-20-5-4-16(26)10-21(20)29-23)9-19(25)22(18)33-12-13-2-1-3-17(7-13)30(31)32/h1-10H,12H2,(H,28,29)/b15-6-. The number of hydrogen-bond donors (Lipinski definition) is 1. The molecule has 33 heavy (non-hydrogen) atoms. The van der Waals surface area contributed by atoms with Gasteiger partial charge in [0.1, 0.15) is 24.3 Å². The number of fused-ring (bicyclic) bond motifs is 1. The van der Waals surface area contributed by atoms with Gasteiger partial charge in [-0.25, -0.2) is 9.37 Å². The largest absolute Gasteiger partial charge is 0.486 e. The van der Waals surface area contributed by atoms with E-state index < -0.39 is 10.7 Å². The van der Waals surface area contributed by atoms with Crippen LogP contribution < -0.4 is 4.74 Å². The number of rotatable bonds is 6. The molecular weight excluding hydrogens is 470 g/mol. The zero-order valence-corrected chi connectivity index (χ0v) is 18.2. The van der Waals surface area contributed by atoms with E-state index in [1.807, 2.05) is 0 Å². The minimum absolute atomic E-state index is 0.0231. The lowest BCUT2D eigenvalue weighted by Crippen LogP contribution is -1.98. The summed E-state index contributed by atoms with van der Waals surface area (Å²) in [7, 11) is 0. The zero-order valence-electron chi connectivity index (χ0n) is 16.7. The Bertz CT molecular complexity index is 1440. The predicted octanol–water partition coefficient (Wildman–Crippen LogP) is 6.56. The minimum Gasteiger partial charge on any atom is -0.486 e. The number of nitro groups is 1. The molecule has 164 valence electrons. The first kappa shape index (κ1) is 22.3. The van der Waals surface area contributed by atoms with Crippen LogP contribution in [0.25, 0.3) is 22.7 Å². The van der Waals surface area contributed by atoms with E-state index in [0.29, 0.717) is 22.2 Å². The number of nitrogens with one attached hydrogen (secondary N) is 1. The van der Waals surface area contributed by atoms with Crippen LogP contribution in [-0.4, -0.2) is 14.9 Å². The molecule has 0 unspecified atom stereocenters. The summed E-state index contributed by atoms with van der Waals surface area (Å²) in [4.78, 5) is 17.7. The van der Waals surface area contributed by atoms with E-state index in [-0.39, 0.29) is 39.5 Å². The van der Waals surface area contributed by atoms with Gasteiger partial charge in [0.25, 0.3) is 5.69 Å². The highest BCUT2D eigenvalue weighted by Crippen LogP contribution is 2.36. The number of non-ortho nitro benzene ring substituents is 1. The smallest absolute Gasteiger partial charge is 0.269 e. The van der Waals surface area contributed by atoms with Crippen LogP contribution in [-0.2, 0) is 6.61 Å². The Balaban J connectivity index is 1.59. The third-order valence-corrected chi connectivity index (χ3v) is 5.22. The molecule has 0 fully saturated rings. The average Bonchev–Trinajstić information content (AvgIpc) is 3.20. The second-order valence-corrected chi connectivity index (χ2v) is 7.76. The Morgan fingerprint density at radius 3 is 2.67 bits per heavy atom. The minimum atomic E-state index is -0.490. The molecule has 0 aliphatic carbocycles. The monoisotopic (exact) mass is 482 g/mol. The van der Waals surface area contributed by atoms with Crippen molar-refractivity contribution in [2.24, 2.45) is 0 Å². The van der Waals surface area contributed by atoms with Crippen molar-refractivity contribution in [2.45, 2.75) is 6.61 Å². The zero-order chi connectivity index (χ0) is 23.5. The van der Waals surface area contributed by atoms with Crippen molar-refractivity contribution < 1.29 is 14.1 Å². The van der Waals surface area contributed by atoms with Gasteiger partial charge in [-0.15, -0.1) is 0 Å². The normalized spacial score (nSPS) is 11.4. The summed E-state index contributed by atoms with van der Waals surface area (Å²) in [6.07, 6.45) is 1.54. The summed E-state index contributed by atoms with van der Waals surface area (Å²) in [6.45, 7) is 0.0231. The highest BCUT2D eigenvalue weighted by Gasteiger charge is 2.13. The molecule has 10 heteroatoms. The molecule has 0 aliphatic rings. The summed E-state index contributed by atoms with van der Waals surface area (Å²) >= 11 is 12.7. The summed E-state index contributed by atoms with van der Waals surface area (Å²) in [5.74, 6) is 0.0653. The highest BCUT2D eigenvalue weighted by molar-refractivity contribution is 6.37. The number of halogens is 3. The summed E-state index contributed by atoms with van der Waals surface area (Å²) in [6, 6.07) is 15.3. The topological polar surface area (TPSA) is 105 Å². The van der Waals surface area contributed by atoms with Crippen molar-refractivity contribution >= 4 is 51.6 Å². The molecular formula is C23H13Cl2FN4O3. The van der Waals surface area contributed by atoms with E-state index in [0.717, 1.165) is 0 Å². The maximum atomic E-state index is 13.4. The van der Waals surface area contributed by atoms with Crippen molar-refractivity contribution in [3.8, 4) is 11.8 Å². The van der Waals surface area contributed by atoms with Gasteiger partial charge in [0.2, 0.25) is 0 Å². The number of imidazole rings is 1. The SMILES string of the molecule is N#C/C(=C/c1cc(Cl)c(OCc2cccc([N+](=O)[O-])c2)c(Cl)c1)c1nc2ccc(F)cc2[nH]1. The Hall–Kier alpha value is -3.93. The fourth-order valence-corrected chi connectivity index (χ4v) is 3.76. The van der Waals surface area contributed by atoms with Crippen LogP contribution in [0.3, 0.4) is 0 Å². The molecule has 1 heterocycles. The molecule has 1 aromatic heterocycles. The maximum Gasteiger partial charge on any atom is 0.269 e. The summed E-state index contributed by atoms with van der Waals surface area (Å²) in [5.41, 5.74) is 2.24. The Morgan fingerprint density at radius 1 is 1.21 bits per heavy atom. The van der Waals surface area contributed by atoms with Gasteiger partial charge in [-0.3, -0.25) is 10.1 Å². The van der Waals surface area contributed by atoms with Gasteiger partial charge < -0.3 is 9.72 Å². The average molecular weight is 483 g/mol. The van der Waals surface area contributed by atoms with Crippen molar-refractivity contribution in [1.82, 2.24) is 9.97 Å². The van der Waals surface area contributed by atoms with Gasteiger partial charge >= 0.3 is 0 Å². The molecule has 0 saturated carbocycles. The van der Waals surface area contributed by atoms with Gasteiger partial charge in [-0.1, -0.05) is 35.3 Å². The highest BCUT2D eigenvalue weighted by atomic mass is 35.5.